The van der Waals surface area contributed by atoms with E-state index in [-0.39, 0.29) is 6.04 Å². The van der Waals surface area contributed by atoms with Crippen LogP contribution in [0.15, 0.2) is 18.2 Å². The Morgan fingerprint density at radius 2 is 1.85 bits per heavy atom. The molecule has 0 aliphatic carbocycles. The summed E-state index contributed by atoms with van der Waals surface area (Å²) in [6.07, 6.45) is 5.16. The van der Waals surface area contributed by atoms with Crippen LogP contribution in [0.1, 0.15) is 58.1 Å². The zero-order chi connectivity index (χ0) is 14.8. The summed E-state index contributed by atoms with van der Waals surface area (Å²) >= 11 is 6.35. The van der Waals surface area contributed by atoms with Gasteiger partial charge in [0.05, 0.1) is 0 Å². The maximum atomic E-state index is 6.35. The predicted molar refractivity (Wildman–Crippen MR) is 88.5 cm³/mol. The highest BCUT2D eigenvalue weighted by Crippen LogP contribution is 2.39. The van der Waals surface area contributed by atoms with Crippen LogP contribution in [0.2, 0.25) is 5.02 Å². The standard InChI is InChI=1S/C17H27ClN2/c1-4-17(5-2)8-10-20(11-9-17)14-6-7-15(13(3)19)16(18)12-14/h6-7,12-13H,4-5,8-11,19H2,1-3H3. The van der Waals surface area contributed by atoms with E-state index in [1.165, 1.54) is 31.4 Å². The number of nitrogens with two attached hydrogens (primary N) is 1. The van der Waals surface area contributed by atoms with Gasteiger partial charge in [-0.3, -0.25) is 0 Å². The average Bonchev–Trinajstić information content (AvgIpc) is 2.47. The molecule has 3 heteroatoms. The van der Waals surface area contributed by atoms with Crippen molar-refractivity contribution in [3.8, 4) is 0 Å². The Kier molecular flexibility index (Phi) is 4.98. The van der Waals surface area contributed by atoms with E-state index in [4.69, 9.17) is 17.3 Å². The minimum absolute atomic E-state index is 0.00858. The Balaban J connectivity index is 2.09. The fourth-order valence-corrected chi connectivity index (χ4v) is 3.63. The first-order valence-corrected chi connectivity index (χ1v) is 8.19. The van der Waals surface area contributed by atoms with Crippen LogP contribution in [0.25, 0.3) is 0 Å². The third-order valence-corrected chi connectivity index (χ3v) is 5.49. The van der Waals surface area contributed by atoms with Gasteiger partial charge < -0.3 is 10.6 Å². The van der Waals surface area contributed by atoms with Gasteiger partial charge in [-0.05, 0) is 42.9 Å². The molecule has 1 unspecified atom stereocenters. The molecule has 0 radical (unpaired) electrons. The summed E-state index contributed by atoms with van der Waals surface area (Å²) in [7, 11) is 0. The van der Waals surface area contributed by atoms with Gasteiger partial charge >= 0.3 is 0 Å². The maximum Gasteiger partial charge on any atom is 0.0474 e. The largest absolute Gasteiger partial charge is 0.371 e. The number of piperidine rings is 1. The van der Waals surface area contributed by atoms with E-state index < -0.39 is 0 Å². The Labute approximate surface area is 128 Å². The summed E-state index contributed by atoms with van der Waals surface area (Å²) < 4.78 is 0. The first kappa shape index (κ1) is 15.7. The Hall–Kier alpha value is -0.730. The van der Waals surface area contributed by atoms with E-state index in [2.05, 4.69) is 36.9 Å². The van der Waals surface area contributed by atoms with E-state index in [0.717, 1.165) is 23.7 Å². The average molecular weight is 295 g/mol. The number of hydrogen-bond acceptors (Lipinski definition) is 2. The van der Waals surface area contributed by atoms with Crippen LogP contribution in [-0.2, 0) is 0 Å². The number of anilines is 1. The number of rotatable bonds is 4. The van der Waals surface area contributed by atoms with Crippen molar-refractivity contribution >= 4 is 17.3 Å². The molecule has 1 aliphatic rings. The second-order valence-electron chi connectivity index (χ2n) is 6.19. The summed E-state index contributed by atoms with van der Waals surface area (Å²) in [4.78, 5) is 2.46. The molecule has 1 aromatic rings. The molecule has 112 valence electrons. The van der Waals surface area contributed by atoms with Crippen LogP contribution >= 0.6 is 11.6 Å². The summed E-state index contributed by atoms with van der Waals surface area (Å²) in [5, 5.41) is 0.792. The van der Waals surface area contributed by atoms with Gasteiger partial charge in [-0.15, -0.1) is 0 Å². The van der Waals surface area contributed by atoms with Crippen molar-refractivity contribution in [3.63, 3.8) is 0 Å². The predicted octanol–water partition coefficient (Wildman–Crippen LogP) is 4.77. The van der Waals surface area contributed by atoms with Crippen LogP contribution < -0.4 is 10.6 Å². The normalized spacial score (nSPS) is 19.9. The fraction of sp³-hybridized carbons (Fsp3) is 0.647. The van der Waals surface area contributed by atoms with Gasteiger partial charge in [0, 0.05) is 29.8 Å². The highest BCUT2D eigenvalue weighted by molar-refractivity contribution is 6.31. The van der Waals surface area contributed by atoms with Crippen molar-refractivity contribution in [3.05, 3.63) is 28.8 Å². The van der Waals surface area contributed by atoms with E-state index in [1.54, 1.807) is 0 Å². The SMILES string of the molecule is CCC1(CC)CCN(c2ccc(C(C)N)c(Cl)c2)CC1. The minimum atomic E-state index is -0.00858. The molecule has 1 aliphatic heterocycles. The van der Waals surface area contributed by atoms with Crippen molar-refractivity contribution in [2.45, 2.75) is 52.5 Å². The number of nitrogens with zero attached hydrogens (tertiary/aromatic N) is 1. The topological polar surface area (TPSA) is 29.3 Å². The van der Waals surface area contributed by atoms with Crippen molar-refractivity contribution < 1.29 is 0 Å². The second kappa shape index (κ2) is 6.36. The first-order valence-electron chi connectivity index (χ1n) is 7.81. The highest BCUT2D eigenvalue weighted by atomic mass is 35.5. The smallest absolute Gasteiger partial charge is 0.0474 e. The molecule has 0 spiro atoms. The monoisotopic (exact) mass is 294 g/mol. The minimum Gasteiger partial charge on any atom is -0.371 e. The first-order chi connectivity index (χ1) is 9.51. The molecule has 1 saturated heterocycles. The van der Waals surface area contributed by atoms with Gasteiger partial charge in [-0.2, -0.15) is 0 Å². The van der Waals surface area contributed by atoms with Crippen molar-refractivity contribution in [1.29, 1.82) is 0 Å². The number of halogens is 1. The van der Waals surface area contributed by atoms with Crippen molar-refractivity contribution in [1.82, 2.24) is 0 Å². The lowest BCUT2D eigenvalue weighted by Gasteiger charge is -2.42. The third kappa shape index (κ3) is 3.12. The second-order valence-corrected chi connectivity index (χ2v) is 6.60. The third-order valence-electron chi connectivity index (χ3n) is 5.16. The molecular formula is C17H27ClN2. The summed E-state index contributed by atoms with van der Waals surface area (Å²) in [5.74, 6) is 0. The summed E-state index contributed by atoms with van der Waals surface area (Å²) in [6, 6.07) is 6.30. The maximum absolute atomic E-state index is 6.35. The molecular weight excluding hydrogens is 268 g/mol. The molecule has 2 nitrogen and oxygen atoms in total. The molecule has 0 aromatic heterocycles. The van der Waals surface area contributed by atoms with E-state index >= 15 is 0 Å². The lowest BCUT2D eigenvalue weighted by Crippen LogP contribution is -2.39. The molecule has 2 rings (SSSR count). The van der Waals surface area contributed by atoms with E-state index in [9.17, 15) is 0 Å². The zero-order valence-electron chi connectivity index (χ0n) is 13.0. The number of benzene rings is 1. The quantitative estimate of drug-likeness (QED) is 0.867. The fourth-order valence-electron chi connectivity index (χ4n) is 3.28. The molecule has 20 heavy (non-hydrogen) atoms. The van der Waals surface area contributed by atoms with Crippen LogP contribution in [0, 0.1) is 5.41 Å². The molecule has 0 amide bonds. The number of hydrogen-bond donors (Lipinski definition) is 1. The van der Waals surface area contributed by atoms with Gasteiger partial charge in [0.25, 0.3) is 0 Å². The Bertz CT molecular complexity index is 442. The highest BCUT2D eigenvalue weighted by Gasteiger charge is 2.31. The van der Waals surface area contributed by atoms with E-state index in [0.29, 0.717) is 5.41 Å². The van der Waals surface area contributed by atoms with Crippen LogP contribution in [0.5, 0.6) is 0 Å². The Morgan fingerprint density at radius 1 is 1.25 bits per heavy atom. The molecule has 1 heterocycles. The van der Waals surface area contributed by atoms with Gasteiger partial charge in [-0.25, -0.2) is 0 Å². The van der Waals surface area contributed by atoms with E-state index in [1.807, 2.05) is 6.92 Å². The van der Waals surface area contributed by atoms with Crippen molar-refractivity contribution in [2.75, 3.05) is 18.0 Å². The zero-order valence-corrected chi connectivity index (χ0v) is 13.7. The molecule has 2 N–H and O–H groups in total. The van der Waals surface area contributed by atoms with Gasteiger partial charge in [0.1, 0.15) is 0 Å². The van der Waals surface area contributed by atoms with Gasteiger partial charge in [0.15, 0.2) is 0 Å². The Morgan fingerprint density at radius 3 is 2.30 bits per heavy atom. The lowest BCUT2D eigenvalue weighted by molar-refractivity contribution is 0.199. The van der Waals surface area contributed by atoms with Crippen LogP contribution in [0.4, 0.5) is 5.69 Å². The van der Waals surface area contributed by atoms with Crippen LogP contribution in [-0.4, -0.2) is 13.1 Å². The molecule has 1 aromatic carbocycles. The van der Waals surface area contributed by atoms with Crippen molar-refractivity contribution in [2.24, 2.45) is 11.1 Å². The summed E-state index contributed by atoms with van der Waals surface area (Å²) in [6.45, 7) is 8.89. The molecule has 1 atom stereocenters. The molecule has 1 fully saturated rings. The molecule has 0 saturated carbocycles. The summed E-state index contributed by atoms with van der Waals surface area (Å²) in [5.41, 5.74) is 8.75. The lowest BCUT2D eigenvalue weighted by atomic mass is 9.74. The van der Waals surface area contributed by atoms with Gasteiger partial charge in [0.2, 0.25) is 0 Å². The van der Waals surface area contributed by atoms with Gasteiger partial charge in [-0.1, -0.05) is 44.4 Å². The molecule has 0 bridgehead atoms. The van der Waals surface area contributed by atoms with Crippen LogP contribution in [0.3, 0.4) is 0 Å².